The summed E-state index contributed by atoms with van der Waals surface area (Å²) in [5.41, 5.74) is 8.10. The lowest BCUT2D eigenvalue weighted by molar-refractivity contribution is 0.0537. The van der Waals surface area contributed by atoms with Crippen molar-refractivity contribution >= 4 is 12.1 Å². The molecule has 150 valence electrons. The van der Waals surface area contributed by atoms with Crippen molar-refractivity contribution in [1.82, 2.24) is 5.48 Å². The molecule has 0 aromatic heterocycles. The van der Waals surface area contributed by atoms with E-state index in [4.69, 9.17) is 0 Å². The summed E-state index contributed by atoms with van der Waals surface area (Å²) < 4.78 is 0. The number of hydrogen-bond acceptors (Lipinski definition) is 3. The summed E-state index contributed by atoms with van der Waals surface area (Å²) >= 11 is 0. The maximum atomic E-state index is 11.0. The molecule has 4 heteroatoms. The highest BCUT2D eigenvalue weighted by Crippen LogP contribution is 2.17. The molecular formula is C24H32N2O2. The van der Waals surface area contributed by atoms with Crippen LogP contribution in [0.3, 0.4) is 0 Å². The number of carbonyl (C=O) groups is 1. The molecule has 0 spiro atoms. The maximum absolute atomic E-state index is 11.0. The molecule has 2 aromatic carbocycles. The number of nitrogens with zero attached hydrogens (tertiary/aromatic N) is 1. The molecule has 0 aliphatic heterocycles. The second-order valence-electron chi connectivity index (χ2n) is 6.42. The van der Waals surface area contributed by atoms with Gasteiger partial charge < -0.3 is 0 Å². The zero-order valence-corrected chi connectivity index (χ0v) is 17.7. The predicted molar refractivity (Wildman–Crippen MR) is 118 cm³/mol. The smallest absolute Gasteiger partial charge is 0.274 e. The topological polar surface area (TPSA) is 50.7 Å². The lowest BCUT2D eigenvalue weighted by Gasteiger charge is -2.08. The molecular weight excluding hydrogens is 348 g/mol. The Morgan fingerprint density at radius 2 is 1.82 bits per heavy atom. The summed E-state index contributed by atoms with van der Waals surface area (Å²) in [6, 6.07) is 15.4. The first-order valence-corrected chi connectivity index (χ1v) is 9.64. The van der Waals surface area contributed by atoms with Crippen LogP contribution in [0.1, 0.15) is 53.7 Å². The van der Waals surface area contributed by atoms with Crippen LogP contribution in [0.2, 0.25) is 0 Å². The predicted octanol–water partition coefficient (Wildman–Crippen LogP) is 5.60. The number of benzene rings is 2. The van der Waals surface area contributed by atoms with E-state index >= 15 is 0 Å². The van der Waals surface area contributed by atoms with E-state index in [1.165, 1.54) is 23.8 Å². The van der Waals surface area contributed by atoms with Crippen molar-refractivity contribution in [3.63, 3.8) is 0 Å². The number of rotatable bonds is 7. The molecule has 0 unspecified atom stereocenters. The zero-order valence-electron chi connectivity index (χ0n) is 17.7. The van der Waals surface area contributed by atoms with Gasteiger partial charge in [0.15, 0.2) is 0 Å². The molecule has 0 radical (unpaired) electrons. The van der Waals surface area contributed by atoms with Gasteiger partial charge in [0.05, 0.1) is 7.11 Å². The molecule has 0 saturated carbocycles. The van der Waals surface area contributed by atoms with Gasteiger partial charge in [0.25, 0.3) is 5.91 Å². The summed E-state index contributed by atoms with van der Waals surface area (Å²) in [5.74, 6) is -0.229. The molecule has 0 atom stereocenters. The number of aliphatic imine (C=N–C) groups is 1. The van der Waals surface area contributed by atoms with E-state index in [1.807, 2.05) is 12.3 Å². The van der Waals surface area contributed by atoms with Crippen molar-refractivity contribution in [1.29, 1.82) is 0 Å². The Morgan fingerprint density at radius 1 is 1.11 bits per heavy atom. The summed E-state index contributed by atoms with van der Waals surface area (Å²) in [6.45, 7) is 8.58. The SMILES string of the molecule is C/C=C(/Cc1cccc(C)c1C)N=CCCC.CONC(=O)c1ccccc1. The van der Waals surface area contributed by atoms with Gasteiger partial charge in [-0.15, -0.1) is 0 Å². The number of aryl methyl sites for hydroxylation is 1. The van der Waals surface area contributed by atoms with Crippen LogP contribution >= 0.6 is 0 Å². The van der Waals surface area contributed by atoms with Gasteiger partial charge in [-0.3, -0.25) is 14.6 Å². The van der Waals surface area contributed by atoms with Crippen LogP contribution in [0, 0.1) is 13.8 Å². The van der Waals surface area contributed by atoms with Gasteiger partial charge in [0.1, 0.15) is 0 Å². The third-order valence-corrected chi connectivity index (χ3v) is 4.33. The monoisotopic (exact) mass is 380 g/mol. The van der Waals surface area contributed by atoms with Crippen LogP contribution in [-0.4, -0.2) is 19.2 Å². The molecule has 2 aromatic rings. The van der Waals surface area contributed by atoms with E-state index in [1.54, 1.807) is 24.3 Å². The molecule has 0 aliphatic carbocycles. The second-order valence-corrected chi connectivity index (χ2v) is 6.42. The van der Waals surface area contributed by atoms with E-state index in [-0.39, 0.29) is 5.91 Å². The lowest BCUT2D eigenvalue weighted by Crippen LogP contribution is -2.21. The zero-order chi connectivity index (χ0) is 20.8. The molecule has 0 heterocycles. The molecule has 4 nitrogen and oxygen atoms in total. The fraction of sp³-hybridized carbons (Fsp3) is 0.333. The minimum absolute atomic E-state index is 0.229. The fourth-order valence-corrected chi connectivity index (χ4v) is 2.47. The van der Waals surface area contributed by atoms with Crippen LogP contribution in [-0.2, 0) is 11.3 Å². The highest BCUT2D eigenvalue weighted by molar-refractivity contribution is 5.93. The van der Waals surface area contributed by atoms with Gasteiger partial charge in [-0.05, 0) is 56.0 Å². The third kappa shape index (κ3) is 8.31. The standard InChI is InChI=1S/C16H23N.C8H9NO2/c1-5-7-11-17-16(6-2)12-15-10-8-9-13(3)14(15)4;1-11-9-8(10)7-5-3-2-4-6-7/h6,8-11H,5,7,12H2,1-4H3;2-6H,1H3,(H,9,10)/b16-6-,17-11?;. The second kappa shape index (κ2) is 13.4. The number of carbonyl (C=O) groups excluding carboxylic acids is 1. The number of allylic oxidation sites excluding steroid dienone is 2. The number of unbranched alkanes of at least 4 members (excludes halogenated alkanes) is 1. The normalized spacial score (nSPS) is 11.1. The van der Waals surface area contributed by atoms with Gasteiger partial charge in [-0.1, -0.05) is 55.8 Å². The van der Waals surface area contributed by atoms with Gasteiger partial charge in [-0.2, -0.15) is 0 Å². The Morgan fingerprint density at radius 3 is 2.43 bits per heavy atom. The van der Waals surface area contributed by atoms with Crippen LogP contribution < -0.4 is 5.48 Å². The van der Waals surface area contributed by atoms with Crippen molar-refractivity contribution in [3.8, 4) is 0 Å². The first kappa shape index (κ1) is 23.3. The van der Waals surface area contributed by atoms with Gasteiger partial charge in [-0.25, -0.2) is 5.48 Å². The summed E-state index contributed by atoms with van der Waals surface area (Å²) in [4.78, 5) is 20.0. The molecule has 1 N–H and O–H groups in total. The van der Waals surface area contributed by atoms with E-state index < -0.39 is 0 Å². The minimum atomic E-state index is -0.229. The van der Waals surface area contributed by atoms with E-state index in [0.29, 0.717) is 5.56 Å². The van der Waals surface area contributed by atoms with Crippen molar-refractivity contribution < 1.29 is 9.63 Å². The molecule has 0 fully saturated rings. The minimum Gasteiger partial charge on any atom is -0.277 e. The first-order valence-electron chi connectivity index (χ1n) is 9.64. The van der Waals surface area contributed by atoms with Gasteiger partial charge in [0.2, 0.25) is 0 Å². The Bertz CT molecular complexity index is 780. The molecule has 0 bridgehead atoms. The highest BCUT2D eigenvalue weighted by atomic mass is 16.6. The van der Waals surface area contributed by atoms with Crippen molar-refractivity contribution in [3.05, 3.63) is 82.6 Å². The molecule has 28 heavy (non-hydrogen) atoms. The van der Waals surface area contributed by atoms with Crippen LogP contribution in [0.15, 0.2) is 65.3 Å². The van der Waals surface area contributed by atoms with Crippen LogP contribution in [0.4, 0.5) is 0 Å². The summed E-state index contributed by atoms with van der Waals surface area (Å²) in [7, 11) is 1.40. The highest BCUT2D eigenvalue weighted by Gasteiger charge is 2.03. The van der Waals surface area contributed by atoms with E-state index in [9.17, 15) is 4.79 Å². The van der Waals surface area contributed by atoms with Crippen LogP contribution in [0.25, 0.3) is 0 Å². The third-order valence-electron chi connectivity index (χ3n) is 4.33. The molecule has 0 aliphatic rings. The summed E-state index contributed by atoms with van der Waals surface area (Å²) in [6.07, 6.45) is 7.28. The quantitative estimate of drug-likeness (QED) is 0.502. The van der Waals surface area contributed by atoms with Crippen molar-refractivity contribution in [2.45, 2.75) is 47.0 Å². The first-order chi connectivity index (χ1) is 13.5. The molecule has 1 amide bonds. The van der Waals surface area contributed by atoms with E-state index in [0.717, 1.165) is 25.0 Å². The summed E-state index contributed by atoms with van der Waals surface area (Å²) in [5, 5.41) is 0. The Hall–Kier alpha value is -2.72. The number of nitrogens with one attached hydrogen (secondary N) is 1. The number of hydroxylamine groups is 1. The largest absolute Gasteiger partial charge is 0.277 e. The average molecular weight is 381 g/mol. The van der Waals surface area contributed by atoms with Gasteiger partial charge in [0, 0.05) is 23.9 Å². The van der Waals surface area contributed by atoms with Gasteiger partial charge >= 0.3 is 0 Å². The maximum Gasteiger partial charge on any atom is 0.274 e. The average Bonchev–Trinajstić information content (AvgIpc) is 2.72. The Labute approximate surface area is 169 Å². The van der Waals surface area contributed by atoms with Crippen LogP contribution in [0.5, 0.6) is 0 Å². The molecule has 0 saturated heterocycles. The Balaban J connectivity index is 0.000000307. The fourth-order valence-electron chi connectivity index (χ4n) is 2.47. The lowest BCUT2D eigenvalue weighted by atomic mass is 10.00. The van der Waals surface area contributed by atoms with Crippen molar-refractivity contribution in [2.24, 2.45) is 4.99 Å². The number of hydrogen-bond donors (Lipinski definition) is 1. The van der Waals surface area contributed by atoms with Crippen molar-refractivity contribution in [2.75, 3.05) is 7.11 Å². The Kier molecular flexibility index (Phi) is 11.2. The number of amides is 1. The van der Waals surface area contributed by atoms with E-state index in [2.05, 4.69) is 67.3 Å². The molecule has 2 rings (SSSR count).